The molecule has 1 aliphatic heterocycles. The first-order chi connectivity index (χ1) is 9.11. The number of β-amino-alcohol motifs (C(OH)–C–C–N with tert-alkyl or cyclic N) is 1. The number of carbonyl (C=O) groups is 1. The molecule has 0 aromatic carbocycles. The Hall–Kier alpha value is -0.650. The topological polar surface area (TPSA) is 61.8 Å². The molecule has 1 aliphatic rings. The van der Waals surface area contributed by atoms with E-state index in [1.165, 1.54) is 0 Å². The van der Waals surface area contributed by atoms with Crippen molar-refractivity contribution in [1.29, 1.82) is 0 Å². The third-order valence-corrected chi connectivity index (χ3v) is 3.42. The Balaban J connectivity index is 2.09. The monoisotopic (exact) mass is 272 g/mol. The zero-order chi connectivity index (χ0) is 14.1. The molecule has 112 valence electrons. The van der Waals surface area contributed by atoms with Crippen LogP contribution >= 0.6 is 0 Å². The number of likely N-dealkylation sites (tertiary alicyclic amines) is 1. The van der Waals surface area contributed by atoms with Crippen LogP contribution in [-0.4, -0.2) is 60.9 Å². The standard InChI is InChI=1S/C14H28N2O3/c1-3-4-9-19-11-14(18)10-16-7-5-13(6-8-16)15-12(2)17/h13-14,18H,3-11H2,1-2H3,(H,15,17). The van der Waals surface area contributed by atoms with Crippen LogP contribution in [0.5, 0.6) is 0 Å². The van der Waals surface area contributed by atoms with Crippen molar-refractivity contribution >= 4 is 5.91 Å². The van der Waals surface area contributed by atoms with Crippen molar-refractivity contribution in [3.05, 3.63) is 0 Å². The van der Waals surface area contributed by atoms with Gasteiger partial charge in [-0.1, -0.05) is 13.3 Å². The molecular weight excluding hydrogens is 244 g/mol. The molecule has 0 aromatic rings. The molecule has 0 radical (unpaired) electrons. The van der Waals surface area contributed by atoms with Gasteiger partial charge in [-0.2, -0.15) is 0 Å². The molecule has 19 heavy (non-hydrogen) atoms. The predicted octanol–water partition coefficient (Wildman–Crippen LogP) is 0.764. The zero-order valence-electron chi connectivity index (χ0n) is 12.2. The summed E-state index contributed by atoms with van der Waals surface area (Å²) in [7, 11) is 0. The van der Waals surface area contributed by atoms with Crippen LogP contribution in [0.1, 0.15) is 39.5 Å². The summed E-state index contributed by atoms with van der Waals surface area (Å²) in [4.78, 5) is 13.2. The fraction of sp³-hybridized carbons (Fsp3) is 0.929. The molecule has 1 unspecified atom stereocenters. The lowest BCUT2D eigenvalue weighted by Gasteiger charge is -2.33. The van der Waals surface area contributed by atoms with E-state index in [4.69, 9.17) is 4.74 Å². The first-order valence-electron chi connectivity index (χ1n) is 7.37. The number of piperidine rings is 1. The van der Waals surface area contributed by atoms with Crippen molar-refractivity contribution in [2.45, 2.75) is 51.7 Å². The van der Waals surface area contributed by atoms with Gasteiger partial charge in [0.15, 0.2) is 0 Å². The zero-order valence-corrected chi connectivity index (χ0v) is 12.2. The highest BCUT2D eigenvalue weighted by molar-refractivity contribution is 5.73. The van der Waals surface area contributed by atoms with Gasteiger partial charge in [0.05, 0.1) is 12.7 Å². The van der Waals surface area contributed by atoms with Crippen molar-refractivity contribution < 1.29 is 14.6 Å². The molecule has 2 N–H and O–H groups in total. The Morgan fingerprint density at radius 3 is 2.74 bits per heavy atom. The number of rotatable bonds is 8. The number of carbonyl (C=O) groups excluding carboxylic acids is 1. The minimum atomic E-state index is -0.408. The second-order valence-electron chi connectivity index (χ2n) is 5.36. The largest absolute Gasteiger partial charge is 0.389 e. The Labute approximate surface area is 116 Å². The number of ether oxygens (including phenoxy) is 1. The van der Waals surface area contributed by atoms with Crippen molar-refractivity contribution in [3.8, 4) is 0 Å². The average Bonchev–Trinajstić information content (AvgIpc) is 2.36. The highest BCUT2D eigenvalue weighted by atomic mass is 16.5. The van der Waals surface area contributed by atoms with Crippen LogP contribution in [0.15, 0.2) is 0 Å². The molecule has 0 aliphatic carbocycles. The first-order valence-corrected chi connectivity index (χ1v) is 7.37. The van der Waals surface area contributed by atoms with E-state index >= 15 is 0 Å². The molecule has 0 spiro atoms. The van der Waals surface area contributed by atoms with Crippen LogP contribution in [0.3, 0.4) is 0 Å². The molecule has 5 heteroatoms. The first kappa shape index (κ1) is 16.4. The van der Waals surface area contributed by atoms with Gasteiger partial charge in [0.1, 0.15) is 0 Å². The maximum atomic E-state index is 11.0. The van der Waals surface area contributed by atoms with Gasteiger partial charge in [-0.25, -0.2) is 0 Å². The van der Waals surface area contributed by atoms with Gasteiger partial charge < -0.3 is 20.1 Å². The summed E-state index contributed by atoms with van der Waals surface area (Å²) in [6.45, 7) is 7.36. The van der Waals surface area contributed by atoms with Gasteiger partial charge in [0, 0.05) is 39.2 Å². The van der Waals surface area contributed by atoms with E-state index in [0.717, 1.165) is 45.4 Å². The number of nitrogens with one attached hydrogen (secondary N) is 1. The maximum absolute atomic E-state index is 11.0. The van der Waals surface area contributed by atoms with Gasteiger partial charge in [-0.05, 0) is 19.3 Å². The molecule has 1 saturated heterocycles. The Morgan fingerprint density at radius 1 is 1.47 bits per heavy atom. The minimum absolute atomic E-state index is 0.0443. The molecule has 0 aromatic heterocycles. The fourth-order valence-corrected chi connectivity index (χ4v) is 2.36. The van der Waals surface area contributed by atoms with E-state index in [2.05, 4.69) is 17.1 Å². The second kappa shape index (κ2) is 9.28. The van der Waals surface area contributed by atoms with Crippen molar-refractivity contribution in [3.63, 3.8) is 0 Å². The third-order valence-electron chi connectivity index (χ3n) is 3.42. The second-order valence-corrected chi connectivity index (χ2v) is 5.36. The van der Waals surface area contributed by atoms with Crippen molar-refractivity contribution in [2.75, 3.05) is 32.8 Å². The van der Waals surface area contributed by atoms with Crippen LogP contribution in [-0.2, 0) is 9.53 Å². The average molecular weight is 272 g/mol. The van der Waals surface area contributed by atoms with Gasteiger partial charge in [-0.3, -0.25) is 4.79 Å². The maximum Gasteiger partial charge on any atom is 0.217 e. The SMILES string of the molecule is CCCCOCC(O)CN1CCC(NC(C)=O)CC1. The van der Waals surface area contributed by atoms with Gasteiger partial charge in [0.2, 0.25) is 5.91 Å². The van der Waals surface area contributed by atoms with E-state index in [0.29, 0.717) is 19.2 Å². The van der Waals surface area contributed by atoms with E-state index in [1.807, 2.05) is 0 Å². The molecule has 1 amide bonds. The summed E-state index contributed by atoms with van der Waals surface area (Å²) in [6, 6.07) is 0.298. The molecule has 5 nitrogen and oxygen atoms in total. The number of unbranched alkanes of at least 4 members (excludes halogenated alkanes) is 1. The van der Waals surface area contributed by atoms with Crippen LogP contribution in [0.25, 0.3) is 0 Å². The molecule has 1 fully saturated rings. The molecule has 0 saturated carbocycles. The Morgan fingerprint density at radius 2 is 2.16 bits per heavy atom. The number of amides is 1. The number of hydrogen-bond donors (Lipinski definition) is 2. The smallest absolute Gasteiger partial charge is 0.217 e. The fourth-order valence-electron chi connectivity index (χ4n) is 2.36. The summed E-state index contributed by atoms with van der Waals surface area (Å²) in [5, 5.41) is 12.8. The summed E-state index contributed by atoms with van der Waals surface area (Å²) in [6.07, 6.45) is 3.68. The minimum Gasteiger partial charge on any atom is -0.389 e. The van der Waals surface area contributed by atoms with Crippen molar-refractivity contribution in [2.24, 2.45) is 0 Å². The van der Waals surface area contributed by atoms with Gasteiger partial charge >= 0.3 is 0 Å². The summed E-state index contributed by atoms with van der Waals surface area (Å²) in [5.74, 6) is 0.0443. The van der Waals surface area contributed by atoms with E-state index in [1.54, 1.807) is 6.92 Å². The molecule has 1 atom stereocenters. The van der Waals surface area contributed by atoms with Crippen LogP contribution in [0.4, 0.5) is 0 Å². The lowest BCUT2D eigenvalue weighted by atomic mass is 10.0. The van der Waals surface area contributed by atoms with Crippen LogP contribution in [0, 0.1) is 0 Å². The molecule has 0 bridgehead atoms. The summed E-state index contributed by atoms with van der Waals surface area (Å²) in [5.41, 5.74) is 0. The number of aliphatic hydroxyl groups excluding tert-OH is 1. The predicted molar refractivity (Wildman–Crippen MR) is 75.0 cm³/mol. The van der Waals surface area contributed by atoms with Gasteiger partial charge in [0.25, 0.3) is 0 Å². The summed E-state index contributed by atoms with van der Waals surface area (Å²) < 4.78 is 5.42. The molecule has 1 heterocycles. The number of aliphatic hydroxyl groups is 1. The van der Waals surface area contributed by atoms with Crippen molar-refractivity contribution in [1.82, 2.24) is 10.2 Å². The van der Waals surface area contributed by atoms with E-state index in [-0.39, 0.29) is 5.91 Å². The van der Waals surface area contributed by atoms with E-state index in [9.17, 15) is 9.90 Å². The quantitative estimate of drug-likeness (QED) is 0.641. The summed E-state index contributed by atoms with van der Waals surface area (Å²) >= 11 is 0. The third kappa shape index (κ3) is 7.50. The number of hydrogen-bond acceptors (Lipinski definition) is 4. The lowest BCUT2D eigenvalue weighted by molar-refractivity contribution is -0.120. The normalized spacial score (nSPS) is 19.3. The lowest BCUT2D eigenvalue weighted by Crippen LogP contribution is -2.46. The highest BCUT2D eigenvalue weighted by Gasteiger charge is 2.21. The Kier molecular flexibility index (Phi) is 8.02. The highest BCUT2D eigenvalue weighted by Crippen LogP contribution is 2.10. The van der Waals surface area contributed by atoms with Crippen LogP contribution < -0.4 is 5.32 Å². The Bertz CT molecular complexity index is 253. The molecule has 1 rings (SSSR count). The molecular formula is C14H28N2O3. The number of nitrogens with zero attached hydrogens (tertiary/aromatic N) is 1. The van der Waals surface area contributed by atoms with Crippen LogP contribution in [0.2, 0.25) is 0 Å². The van der Waals surface area contributed by atoms with Gasteiger partial charge in [-0.15, -0.1) is 0 Å². The van der Waals surface area contributed by atoms with E-state index < -0.39 is 6.10 Å².